The summed E-state index contributed by atoms with van der Waals surface area (Å²) in [5, 5.41) is 6.42. The average Bonchev–Trinajstić information content (AvgIpc) is 2.68. The summed E-state index contributed by atoms with van der Waals surface area (Å²) in [6.07, 6.45) is 5.26. The lowest BCUT2D eigenvalue weighted by Crippen LogP contribution is -2.48. The summed E-state index contributed by atoms with van der Waals surface area (Å²) in [4.78, 5) is 12.0. The van der Waals surface area contributed by atoms with E-state index in [1.165, 1.54) is 0 Å². The zero-order chi connectivity index (χ0) is 11.5. The molecule has 1 saturated carbocycles. The van der Waals surface area contributed by atoms with Crippen LogP contribution in [0.5, 0.6) is 0 Å². The first-order valence-electron chi connectivity index (χ1n) is 6.46. The normalized spacial score (nSPS) is 39.6. The summed E-state index contributed by atoms with van der Waals surface area (Å²) < 4.78 is 0. The van der Waals surface area contributed by atoms with Gasteiger partial charge in [0.25, 0.3) is 0 Å². The lowest BCUT2D eigenvalue weighted by molar-refractivity contribution is -0.124. The van der Waals surface area contributed by atoms with E-state index in [4.69, 9.17) is 5.73 Å². The Balaban J connectivity index is 1.78. The third kappa shape index (κ3) is 2.74. The minimum absolute atomic E-state index is 0.0237. The number of rotatable bonds is 2. The molecule has 0 aromatic carbocycles. The van der Waals surface area contributed by atoms with Gasteiger partial charge >= 0.3 is 0 Å². The van der Waals surface area contributed by atoms with Crippen molar-refractivity contribution in [1.82, 2.24) is 10.6 Å². The SMILES string of the molecule is CC1CCNC1C(=O)NC1CCC(N)CC1. The Morgan fingerprint density at radius 1 is 1.25 bits per heavy atom. The molecule has 92 valence electrons. The fourth-order valence-corrected chi connectivity index (χ4v) is 2.74. The van der Waals surface area contributed by atoms with Gasteiger partial charge in [0.15, 0.2) is 0 Å². The zero-order valence-corrected chi connectivity index (χ0v) is 10.0. The maximum atomic E-state index is 12.0. The van der Waals surface area contributed by atoms with Crippen LogP contribution in [0.15, 0.2) is 0 Å². The first kappa shape index (κ1) is 11.9. The number of carbonyl (C=O) groups excluding carboxylic acids is 1. The Morgan fingerprint density at radius 3 is 2.50 bits per heavy atom. The monoisotopic (exact) mass is 225 g/mol. The van der Waals surface area contributed by atoms with Crippen LogP contribution < -0.4 is 16.4 Å². The van der Waals surface area contributed by atoms with Crippen molar-refractivity contribution in [2.45, 2.75) is 57.2 Å². The largest absolute Gasteiger partial charge is 0.352 e. The minimum Gasteiger partial charge on any atom is -0.352 e. The van der Waals surface area contributed by atoms with Crippen molar-refractivity contribution in [2.75, 3.05) is 6.54 Å². The molecule has 2 rings (SSSR count). The van der Waals surface area contributed by atoms with Gasteiger partial charge in [0, 0.05) is 12.1 Å². The predicted molar refractivity (Wildman–Crippen MR) is 63.9 cm³/mol. The second-order valence-electron chi connectivity index (χ2n) is 5.32. The molecule has 2 atom stereocenters. The maximum Gasteiger partial charge on any atom is 0.237 e. The van der Waals surface area contributed by atoms with Crippen LogP contribution in [0.2, 0.25) is 0 Å². The third-order valence-corrected chi connectivity index (χ3v) is 3.93. The van der Waals surface area contributed by atoms with Gasteiger partial charge in [-0.05, 0) is 44.6 Å². The molecule has 1 aliphatic heterocycles. The molecule has 0 radical (unpaired) electrons. The smallest absolute Gasteiger partial charge is 0.237 e. The van der Waals surface area contributed by atoms with Crippen LogP contribution in [-0.2, 0) is 4.79 Å². The fraction of sp³-hybridized carbons (Fsp3) is 0.917. The molecule has 1 saturated heterocycles. The Bertz CT molecular complexity index is 249. The first-order valence-corrected chi connectivity index (χ1v) is 6.46. The predicted octanol–water partition coefficient (Wildman–Crippen LogP) is 0.371. The van der Waals surface area contributed by atoms with Crippen molar-refractivity contribution in [3.8, 4) is 0 Å². The highest BCUT2D eigenvalue weighted by Gasteiger charge is 2.31. The highest BCUT2D eigenvalue weighted by Crippen LogP contribution is 2.19. The van der Waals surface area contributed by atoms with Gasteiger partial charge in [-0.2, -0.15) is 0 Å². The molecule has 2 aliphatic rings. The van der Waals surface area contributed by atoms with E-state index < -0.39 is 0 Å². The van der Waals surface area contributed by atoms with Crippen molar-refractivity contribution in [1.29, 1.82) is 0 Å². The fourth-order valence-electron chi connectivity index (χ4n) is 2.74. The molecule has 2 fully saturated rings. The number of hydrogen-bond acceptors (Lipinski definition) is 3. The molecular weight excluding hydrogens is 202 g/mol. The average molecular weight is 225 g/mol. The van der Waals surface area contributed by atoms with E-state index in [1.807, 2.05) is 0 Å². The van der Waals surface area contributed by atoms with Crippen LogP contribution in [0.1, 0.15) is 39.0 Å². The van der Waals surface area contributed by atoms with E-state index in [0.717, 1.165) is 38.6 Å². The van der Waals surface area contributed by atoms with Crippen molar-refractivity contribution < 1.29 is 4.79 Å². The maximum absolute atomic E-state index is 12.0. The van der Waals surface area contributed by atoms with E-state index in [-0.39, 0.29) is 11.9 Å². The Kier molecular flexibility index (Phi) is 3.82. The summed E-state index contributed by atoms with van der Waals surface area (Å²) in [7, 11) is 0. The van der Waals surface area contributed by atoms with Crippen molar-refractivity contribution in [2.24, 2.45) is 11.7 Å². The van der Waals surface area contributed by atoms with E-state index in [9.17, 15) is 4.79 Å². The molecule has 0 spiro atoms. The second-order valence-corrected chi connectivity index (χ2v) is 5.32. The van der Waals surface area contributed by atoms with Crippen LogP contribution >= 0.6 is 0 Å². The summed E-state index contributed by atoms with van der Waals surface area (Å²) in [6, 6.07) is 0.717. The summed E-state index contributed by atoms with van der Waals surface area (Å²) in [5.41, 5.74) is 5.85. The van der Waals surface area contributed by atoms with Gasteiger partial charge in [0.05, 0.1) is 6.04 Å². The Hall–Kier alpha value is -0.610. The van der Waals surface area contributed by atoms with Crippen LogP contribution in [0.4, 0.5) is 0 Å². The van der Waals surface area contributed by atoms with E-state index in [1.54, 1.807) is 0 Å². The molecule has 0 aromatic rings. The summed E-state index contributed by atoms with van der Waals surface area (Å²) in [6.45, 7) is 3.11. The molecular formula is C12H23N3O. The molecule has 0 bridgehead atoms. The molecule has 1 aliphatic carbocycles. The number of nitrogens with one attached hydrogen (secondary N) is 2. The van der Waals surface area contributed by atoms with Gasteiger partial charge in [-0.1, -0.05) is 6.92 Å². The first-order chi connectivity index (χ1) is 7.66. The topological polar surface area (TPSA) is 67.2 Å². The number of nitrogens with two attached hydrogens (primary N) is 1. The molecule has 4 heteroatoms. The van der Waals surface area contributed by atoms with Gasteiger partial charge in [0.1, 0.15) is 0 Å². The van der Waals surface area contributed by atoms with Crippen LogP contribution in [0.25, 0.3) is 0 Å². The quantitative estimate of drug-likeness (QED) is 0.636. The second kappa shape index (κ2) is 5.15. The van der Waals surface area contributed by atoms with Crippen molar-refractivity contribution in [3.05, 3.63) is 0 Å². The Morgan fingerprint density at radius 2 is 1.94 bits per heavy atom. The molecule has 4 N–H and O–H groups in total. The van der Waals surface area contributed by atoms with E-state index in [2.05, 4.69) is 17.6 Å². The highest BCUT2D eigenvalue weighted by molar-refractivity contribution is 5.82. The lowest BCUT2D eigenvalue weighted by atomic mass is 9.91. The molecule has 16 heavy (non-hydrogen) atoms. The van der Waals surface area contributed by atoms with Gasteiger partial charge in [-0.3, -0.25) is 4.79 Å². The van der Waals surface area contributed by atoms with Gasteiger partial charge in [-0.25, -0.2) is 0 Å². The number of hydrogen-bond donors (Lipinski definition) is 3. The zero-order valence-electron chi connectivity index (χ0n) is 10.0. The third-order valence-electron chi connectivity index (χ3n) is 3.93. The standard InChI is InChI=1S/C12H23N3O/c1-8-6-7-14-11(8)12(16)15-10-4-2-9(13)3-5-10/h8-11,14H,2-7,13H2,1H3,(H,15,16). The highest BCUT2D eigenvalue weighted by atomic mass is 16.2. The molecule has 2 unspecified atom stereocenters. The van der Waals surface area contributed by atoms with Crippen LogP contribution in [0, 0.1) is 5.92 Å². The van der Waals surface area contributed by atoms with Gasteiger partial charge in [-0.15, -0.1) is 0 Å². The van der Waals surface area contributed by atoms with Gasteiger partial charge < -0.3 is 16.4 Å². The summed E-state index contributed by atoms with van der Waals surface area (Å²) >= 11 is 0. The van der Waals surface area contributed by atoms with Gasteiger partial charge in [0.2, 0.25) is 5.91 Å². The lowest BCUT2D eigenvalue weighted by Gasteiger charge is -2.28. The molecule has 1 amide bonds. The molecule has 4 nitrogen and oxygen atoms in total. The van der Waals surface area contributed by atoms with Crippen LogP contribution in [0.3, 0.4) is 0 Å². The number of carbonyl (C=O) groups is 1. The number of amides is 1. The van der Waals surface area contributed by atoms with Crippen molar-refractivity contribution in [3.63, 3.8) is 0 Å². The Labute approximate surface area is 97.3 Å². The summed E-state index contributed by atoms with van der Waals surface area (Å²) in [5.74, 6) is 0.649. The minimum atomic E-state index is 0.0237. The van der Waals surface area contributed by atoms with Crippen molar-refractivity contribution >= 4 is 5.91 Å². The van der Waals surface area contributed by atoms with E-state index in [0.29, 0.717) is 18.0 Å². The van der Waals surface area contributed by atoms with E-state index >= 15 is 0 Å². The molecule has 1 heterocycles. The van der Waals surface area contributed by atoms with Crippen LogP contribution in [-0.4, -0.2) is 30.6 Å². The molecule has 0 aromatic heterocycles.